The zero-order valence-corrected chi connectivity index (χ0v) is 15.8. The summed E-state index contributed by atoms with van der Waals surface area (Å²) in [5.74, 6) is -0.235. The molecular weight excluding hydrogens is 350 g/mol. The molecule has 0 saturated carbocycles. The van der Waals surface area contributed by atoms with E-state index in [0.717, 1.165) is 11.1 Å². The van der Waals surface area contributed by atoms with Crippen LogP contribution < -0.4 is 16.0 Å². The smallest absolute Gasteiger partial charge is 0.315 e. The van der Waals surface area contributed by atoms with Crippen molar-refractivity contribution in [3.8, 4) is 0 Å². The lowest BCUT2D eigenvalue weighted by Crippen LogP contribution is -2.45. The number of amides is 3. The maximum Gasteiger partial charge on any atom is 0.315 e. The highest BCUT2D eigenvalue weighted by molar-refractivity contribution is 6.30. The normalized spacial score (nSPS) is 10.9. The minimum atomic E-state index is -0.373. The van der Waals surface area contributed by atoms with Gasteiger partial charge in [-0.1, -0.05) is 67.9 Å². The summed E-state index contributed by atoms with van der Waals surface area (Å²) in [5, 5.41) is 8.81. The van der Waals surface area contributed by atoms with Crippen LogP contribution in [0.25, 0.3) is 0 Å². The molecule has 0 aliphatic heterocycles. The van der Waals surface area contributed by atoms with Crippen molar-refractivity contribution in [2.45, 2.75) is 25.8 Å². The number of benzene rings is 2. The highest BCUT2D eigenvalue weighted by Crippen LogP contribution is 2.23. The minimum absolute atomic E-state index is 0.0694. The SMILES string of the molecule is CC(C)(CNC(=O)NCC(=O)NCc1ccccc1)c1ccc(Cl)cc1. The predicted octanol–water partition coefficient (Wildman–Crippen LogP) is 3.23. The van der Waals surface area contributed by atoms with Gasteiger partial charge in [-0.15, -0.1) is 0 Å². The lowest BCUT2D eigenvalue weighted by Gasteiger charge is -2.25. The summed E-state index contributed by atoms with van der Waals surface area (Å²) in [6.07, 6.45) is 0. The summed E-state index contributed by atoms with van der Waals surface area (Å²) in [7, 11) is 0. The van der Waals surface area contributed by atoms with E-state index >= 15 is 0 Å². The fourth-order valence-corrected chi connectivity index (χ4v) is 2.51. The second-order valence-corrected chi connectivity index (χ2v) is 7.13. The van der Waals surface area contributed by atoms with Gasteiger partial charge < -0.3 is 16.0 Å². The summed E-state index contributed by atoms with van der Waals surface area (Å²) < 4.78 is 0. The van der Waals surface area contributed by atoms with Crippen molar-refractivity contribution in [2.75, 3.05) is 13.1 Å². The van der Waals surface area contributed by atoms with Crippen molar-refractivity contribution in [3.63, 3.8) is 0 Å². The summed E-state index contributed by atoms with van der Waals surface area (Å²) in [4.78, 5) is 23.7. The first-order chi connectivity index (χ1) is 12.4. The second-order valence-electron chi connectivity index (χ2n) is 6.69. The standard InChI is InChI=1S/C20H24ClN3O2/c1-20(2,16-8-10-17(21)11-9-16)14-24-19(26)23-13-18(25)22-12-15-6-4-3-5-7-15/h3-11H,12-14H2,1-2H3,(H,22,25)(H2,23,24,26). The molecule has 2 aromatic rings. The Bertz CT molecular complexity index is 730. The van der Waals surface area contributed by atoms with Crippen molar-refractivity contribution in [3.05, 3.63) is 70.7 Å². The van der Waals surface area contributed by atoms with Crippen LogP contribution in [0.3, 0.4) is 0 Å². The van der Waals surface area contributed by atoms with Gasteiger partial charge in [0.05, 0.1) is 6.54 Å². The molecule has 2 aromatic carbocycles. The third-order valence-corrected chi connectivity index (χ3v) is 4.31. The maximum atomic E-state index is 11.9. The van der Waals surface area contributed by atoms with Crippen LogP contribution in [0.4, 0.5) is 4.79 Å². The Morgan fingerprint density at radius 1 is 0.923 bits per heavy atom. The van der Waals surface area contributed by atoms with Gasteiger partial charge in [-0.05, 0) is 23.3 Å². The number of nitrogens with one attached hydrogen (secondary N) is 3. The third-order valence-electron chi connectivity index (χ3n) is 4.06. The number of urea groups is 1. The fraction of sp³-hybridized carbons (Fsp3) is 0.300. The van der Waals surface area contributed by atoms with E-state index in [1.807, 2.05) is 68.4 Å². The number of carbonyl (C=O) groups excluding carboxylic acids is 2. The van der Waals surface area contributed by atoms with Gasteiger partial charge in [-0.2, -0.15) is 0 Å². The number of halogens is 1. The van der Waals surface area contributed by atoms with Gasteiger partial charge in [0.15, 0.2) is 0 Å². The lowest BCUT2D eigenvalue weighted by atomic mass is 9.85. The van der Waals surface area contributed by atoms with E-state index in [4.69, 9.17) is 11.6 Å². The van der Waals surface area contributed by atoms with E-state index < -0.39 is 0 Å². The van der Waals surface area contributed by atoms with Crippen LogP contribution in [0.1, 0.15) is 25.0 Å². The molecule has 138 valence electrons. The van der Waals surface area contributed by atoms with E-state index in [0.29, 0.717) is 18.1 Å². The Balaban J connectivity index is 1.71. The monoisotopic (exact) mass is 373 g/mol. The van der Waals surface area contributed by atoms with Crippen LogP contribution >= 0.6 is 11.6 Å². The molecule has 0 unspecified atom stereocenters. The molecule has 5 nitrogen and oxygen atoms in total. The van der Waals surface area contributed by atoms with Crippen molar-refractivity contribution < 1.29 is 9.59 Å². The van der Waals surface area contributed by atoms with Gasteiger partial charge in [0.25, 0.3) is 0 Å². The van der Waals surface area contributed by atoms with Crippen LogP contribution in [0.5, 0.6) is 0 Å². The Morgan fingerprint density at radius 3 is 2.23 bits per heavy atom. The second kappa shape index (κ2) is 9.25. The number of carbonyl (C=O) groups is 2. The number of hydrogen-bond acceptors (Lipinski definition) is 2. The Kier molecular flexibility index (Phi) is 7.04. The molecule has 26 heavy (non-hydrogen) atoms. The molecule has 0 fully saturated rings. The molecule has 0 spiro atoms. The quantitative estimate of drug-likeness (QED) is 0.697. The number of hydrogen-bond donors (Lipinski definition) is 3. The Morgan fingerprint density at radius 2 is 1.58 bits per heavy atom. The summed E-state index contributed by atoms with van der Waals surface area (Å²) >= 11 is 5.91. The first kappa shape index (κ1) is 19.8. The van der Waals surface area contributed by atoms with Gasteiger partial charge >= 0.3 is 6.03 Å². The lowest BCUT2D eigenvalue weighted by molar-refractivity contribution is -0.120. The molecule has 2 rings (SSSR count). The zero-order valence-electron chi connectivity index (χ0n) is 15.0. The van der Waals surface area contributed by atoms with Crippen molar-refractivity contribution in [2.24, 2.45) is 0 Å². The average molecular weight is 374 g/mol. The fourth-order valence-electron chi connectivity index (χ4n) is 2.39. The molecule has 0 bridgehead atoms. The molecular formula is C20H24ClN3O2. The Labute approximate surface area is 159 Å². The topological polar surface area (TPSA) is 70.2 Å². The summed E-state index contributed by atoms with van der Waals surface area (Å²) in [6.45, 7) is 4.87. The maximum absolute atomic E-state index is 11.9. The van der Waals surface area contributed by atoms with Gasteiger partial charge in [0.2, 0.25) is 5.91 Å². The Hall–Kier alpha value is -2.53. The molecule has 0 saturated heterocycles. The highest BCUT2D eigenvalue weighted by Gasteiger charge is 2.21. The first-order valence-electron chi connectivity index (χ1n) is 8.45. The number of rotatable bonds is 7. The van der Waals surface area contributed by atoms with Gasteiger partial charge in [-0.3, -0.25) is 4.79 Å². The van der Waals surface area contributed by atoms with E-state index in [9.17, 15) is 9.59 Å². The van der Waals surface area contributed by atoms with Crippen LogP contribution in [0.2, 0.25) is 5.02 Å². The van der Waals surface area contributed by atoms with Crippen molar-refractivity contribution in [1.82, 2.24) is 16.0 Å². The molecule has 0 heterocycles. The first-order valence-corrected chi connectivity index (χ1v) is 8.83. The molecule has 6 heteroatoms. The summed E-state index contributed by atoms with van der Waals surface area (Å²) in [5.41, 5.74) is 1.83. The van der Waals surface area contributed by atoms with Crippen molar-refractivity contribution >= 4 is 23.5 Å². The molecule has 3 N–H and O–H groups in total. The van der Waals surface area contributed by atoms with Crippen LogP contribution in [-0.4, -0.2) is 25.0 Å². The molecule has 0 atom stereocenters. The highest BCUT2D eigenvalue weighted by atomic mass is 35.5. The summed E-state index contributed by atoms with van der Waals surface area (Å²) in [6, 6.07) is 16.8. The molecule has 0 aliphatic rings. The van der Waals surface area contributed by atoms with Crippen LogP contribution in [0.15, 0.2) is 54.6 Å². The largest absolute Gasteiger partial charge is 0.350 e. The average Bonchev–Trinajstić information content (AvgIpc) is 2.64. The zero-order chi connectivity index (χ0) is 19.0. The van der Waals surface area contributed by atoms with E-state index in [-0.39, 0.29) is 23.9 Å². The third kappa shape index (κ3) is 6.41. The van der Waals surface area contributed by atoms with Crippen LogP contribution in [-0.2, 0) is 16.8 Å². The molecule has 0 aromatic heterocycles. The van der Waals surface area contributed by atoms with Crippen LogP contribution in [0, 0.1) is 0 Å². The van der Waals surface area contributed by atoms with E-state index in [1.54, 1.807) is 0 Å². The van der Waals surface area contributed by atoms with Gasteiger partial charge in [0, 0.05) is 23.5 Å². The minimum Gasteiger partial charge on any atom is -0.350 e. The molecule has 0 radical (unpaired) electrons. The molecule has 0 aliphatic carbocycles. The van der Waals surface area contributed by atoms with Gasteiger partial charge in [0.1, 0.15) is 0 Å². The molecule has 3 amide bonds. The van der Waals surface area contributed by atoms with E-state index in [1.165, 1.54) is 0 Å². The van der Waals surface area contributed by atoms with Gasteiger partial charge in [-0.25, -0.2) is 4.79 Å². The predicted molar refractivity (Wildman–Crippen MR) is 104 cm³/mol. The van der Waals surface area contributed by atoms with Crippen molar-refractivity contribution in [1.29, 1.82) is 0 Å². The van der Waals surface area contributed by atoms with E-state index in [2.05, 4.69) is 16.0 Å².